The van der Waals surface area contributed by atoms with Crippen molar-refractivity contribution in [3.63, 3.8) is 0 Å². The summed E-state index contributed by atoms with van der Waals surface area (Å²) in [6, 6.07) is 0. The summed E-state index contributed by atoms with van der Waals surface area (Å²) in [7, 11) is 6.36. The summed E-state index contributed by atoms with van der Waals surface area (Å²) in [5, 5.41) is 3.41. The van der Waals surface area contributed by atoms with Crippen molar-refractivity contribution in [2.75, 3.05) is 53.9 Å². The van der Waals surface area contributed by atoms with Crippen LogP contribution in [0.5, 0.6) is 0 Å². The van der Waals surface area contributed by atoms with Crippen molar-refractivity contribution in [3.05, 3.63) is 23.9 Å². The van der Waals surface area contributed by atoms with Crippen LogP contribution in [0.4, 0.5) is 0 Å². The van der Waals surface area contributed by atoms with E-state index >= 15 is 0 Å². The van der Waals surface area contributed by atoms with Crippen molar-refractivity contribution in [1.29, 1.82) is 0 Å². The molecule has 1 fully saturated rings. The van der Waals surface area contributed by atoms with E-state index in [1.54, 1.807) is 0 Å². The van der Waals surface area contributed by atoms with Gasteiger partial charge in [-0.3, -0.25) is 9.80 Å². The maximum absolute atomic E-state index is 3.41. The first-order chi connectivity index (χ1) is 8.15. The molecule has 96 valence electrons. The van der Waals surface area contributed by atoms with E-state index in [0.29, 0.717) is 6.17 Å². The largest absolute Gasteiger partial charge is 0.372 e. The Morgan fingerprint density at radius 1 is 1.29 bits per heavy atom. The fraction of sp³-hybridized carbons (Fsp3) is 0.692. The molecule has 4 nitrogen and oxygen atoms in total. The molecule has 1 unspecified atom stereocenters. The van der Waals surface area contributed by atoms with Gasteiger partial charge in [0.25, 0.3) is 0 Å². The van der Waals surface area contributed by atoms with Crippen LogP contribution in [0.2, 0.25) is 0 Å². The molecule has 0 aromatic heterocycles. The molecular formula is C13H24N4. The molecule has 0 spiro atoms. The summed E-state index contributed by atoms with van der Waals surface area (Å²) in [6.45, 7) is 5.80. The van der Waals surface area contributed by atoms with Crippen LogP contribution in [-0.4, -0.2) is 74.7 Å². The van der Waals surface area contributed by atoms with Crippen LogP contribution in [0, 0.1) is 0 Å². The zero-order chi connectivity index (χ0) is 12.3. The van der Waals surface area contributed by atoms with Crippen molar-refractivity contribution in [2.45, 2.75) is 6.17 Å². The van der Waals surface area contributed by atoms with E-state index in [2.05, 4.69) is 59.5 Å². The number of rotatable bonds is 3. The fourth-order valence-electron chi connectivity index (χ4n) is 2.19. The van der Waals surface area contributed by atoms with Crippen molar-refractivity contribution in [1.82, 2.24) is 20.0 Å². The van der Waals surface area contributed by atoms with Gasteiger partial charge in [0.1, 0.15) is 0 Å². The summed E-state index contributed by atoms with van der Waals surface area (Å²) in [5.41, 5.74) is 1.38. The maximum Gasteiger partial charge on any atom is 0.0980 e. The van der Waals surface area contributed by atoms with Gasteiger partial charge in [-0.05, 0) is 32.8 Å². The number of hydrogen-bond acceptors (Lipinski definition) is 4. The predicted octanol–water partition coefficient (Wildman–Crippen LogP) is 0.165. The number of likely N-dealkylation sites (N-methyl/N-ethyl adjacent to an activating group) is 2. The van der Waals surface area contributed by atoms with Gasteiger partial charge in [0.15, 0.2) is 0 Å². The van der Waals surface area contributed by atoms with Crippen LogP contribution in [0.1, 0.15) is 0 Å². The molecule has 1 atom stereocenters. The molecule has 2 aliphatic heterocycles. The number of hydrogen-bond donors (Lipinski definition) is 1. The van der Waals surface area contributed by atoms with E-state index in [-0.39, 0.29) is 0 Å². The van der Waals surface area contributed by atoms with E-state index < -0.39 is 0 Å². The van der Waals surface area contributed by atoms with Gasteiger partial charge in [-0.1, -0.05) is 6.08 Å². The molecular weight excluding hydrogens is 212 g/mol. The van der Waals surface area contributed by atoms with Gasteiger partial charge >= 0.3 is 0 Å². The maximum atomic E-state index is 3.41. The summed E-state index contributed by atoms with van der Waals surface area (Å²) in [4.78, 5) is 7.08. The van der Waals surface area contributed by atoms with Crippen LogP contribution in [0.3, 0.4) is 0 Å². The van der Waals surface area contributed by atoms with Gasteiger partial charge in [0, 0.05) is 38.9 Å². The Morgan fingerprint density at radius 2 is 2.00 bits per heavy atom. The highest BCUT2D eigenvalue weighted by molar-refractivity contribution is 5.25. The van der Waals surface area contributed by atoms with Crippen LogP contribution >= 0.6 is 0 Å². The fourth-order valence-corrected chi connectivity index (χ4v) is 2.19. The summed E-state index contributed by atoms with van der Waals surface area (Å²) in [5.74, 6) is 0. The molecule has 0 bridgehead atoms. The smallest absolute Gasteiger partial charge is 0.0980 e. The average Bonchev–Trinajstić information content (AvgIpc) is 2.33. The van der Waals surface area contributed by atoms with Gasteiger partial charge < -0.3 is 10.2 Å². The second-order valence-electron chi connectivity index (χ2n) is 5.23. The third-order valence-corrected chi connectivity index (χ3v) is 3.49. The highest BCUT2D eigenvalue weighted by Gasteiger charge is 2.16. The molecule has 1 saturated heterocycles. The van der Waals surface area contributed by atoms with Gasteiger partial charge in [-0.25, -0.2) is 0 Å². The average molecular weight is 236 g/mol. The van der Waals surface area contributed by atoms with Crippen molar-refractivity contribution >= 4 is 0 Å². The molecule has 0 radical (unpaired) electrons. The summed E-state index contributed by atoms with van der Waals surface area (Å²) >= 11 is 0. The summed E-state index contributed by atoms with van der Waals surface area (Å²) < 4.78 is 0. The van der Waals surface area contributed by atoms with Crippen LogP contribution in [0.25, 0.3) is 0 Å². The minimum Gasteiger partial charge on any atom is -0.372 e. The lowest BCUT2D eigenvalue weighted by Crippen LogP contribution is -2.45. The molecule has 0 aliphatic carbocycles. The number of piperazine rings is 1. The quantitative estimate of drug-likeness (QED) is 0.754. The minimum atomic E-state index is 0.339. The van der Waals surface area contributed by atoms with Gasteiger partial charge in [-0.2, -0.15) is 0 Å². The van der Waals surface area contributed by atoms with E-state index in [9.17, 15) is 0 Å². The predicted molar refractivity (Wildman–Crippen MR) is 71.8 cm³/mol. The SMILES string of the molecule is CN1CCN(CC2=CNC(N(C)C)C=C2)CC1. The van der Waals surface area contributed by atoms with E-state index in [0.717, 1.165) is 6.54 Å². The molecule has 0 amide bonds. The lowest BCUT2D eigenvalue weighted by atomic mass is 10.1. The second kappa shape index (κ2) is 5.67. The topological polar surface area (TPSA) is 21.8 Å². The van der Waals surface area contributed by atoms with E-state index in [1.807, 2.05) is 0 Å². The Hall–Kier alpha value is -0.840. The number of nitrogens with zero attached hydrogens (tertiary/aromatic N) is 3. The first kappa shape index (κ1) is 12.6. The lowest BCUT2D eigenvalue weighted by molar-refractivity contribution is 0.164. The Balaban J connectivity index is 1.79. The zero-order valence-corrected chi connectivity index (χ0v) is 11.2. The molecule has 0 saturated carbocycles. The first-order valence-corrected chi connectivity index (χ1v) is 6.36. The molecule has 0 aromatic rings. The van der Waals surface area contributed by atoms with Gasteiger partial charge in [-0.15, -0.1) is 0 Å². The Kier molecular flexibility index (Phi) is 4.20. The minimum absolute atomic E-state index is 0.339. The molecule has 4 heteroatoms. The molecule has 2 heterocycles. The second-order valence-corrected chi connectivity index (χ2v) is 5.23. The molecule has 2 rings (SSSR count). The number of dihydropyridines is 1. The lowest BCUT2D eigenvalue weighted by Gasteiger charge is -2.33. The Bertz CT molecular complexity index is 301. The summed E-state index contributed by atoms with van der Waals surface area (Å²) in [6.07, 6.45) is 6.97. The highest BCUT2D eigenvalue weighted by Crippen LogP contribution is 2.09. The number of nitrogens with one attached hydrogen (secondary N) is 1. The highest BCUT2D eigenvalue weighted by atomic mass is 15.2. The Labute approximate surface area is 105 Å². The molecule has 2 aliphatic rings. The molecule has 1 N–H and O–H groups in total. The zero-order valence-electron chi connectivity index (χ0n) is 11.2. The standard InChI is InChI=1S/C13H24N4/c1-15(2)13-5-4-12(10-14-13)11-17-8-6-16(3)7-9-17/h4-5,10,13-14H,6-9,11H2,1-3H3. The first-order valence-electron chi connectivity index (χ1n) is 6.36. The van der Waals surface area contributed by atoms with Crippen LogP contribution in [0.15, 0.2) is 23.9 Å². The third-order valence-electron chi connectivity index (χ3n) is 3.49. The van der Waals surface area contributed by atoms with Crippen molar-refractivity contribution < 1.29 is 0 Å². The van der Waals surface area contributed by atoms with E-state index in [1.165, 1.54) is 31.8 Å². The van der Waals surface area contributed by atoms with E-state index in [4.69, 9.17) is 0 Å². The van der Waals surface area contributed by atoms with Gasteiger partial charge in [0.05, 0.1) is 6.17 Å². The third kappa shape index (κ3) is 3.56. The monoisotopic (exact) mass is 236 g/mol. The van der Waals surface area contributed by atoms with Crippen LogP contribution < -0.4 is 5.32 Å². The molecule has 0 aromatic carbocycles. The molecule has 17 heavy (non-hydrogen) atoms. The van der Waals surface area contributed by atoms with Crippen molar-refractivity contribution in [3.8, 4) is 0 Å². The van der Waals surface area contributed by atoms with Gasteiger partial charge in [0.2, 0.25) is 0 Å². The van der Waals surface area contributed by atoms with Crippen molar-refractivity contribution in [2.24, 2.45) is 0 Å². The Morgan fingerprint density at radius 3 is 2.53 bits per heavy atom. The normalized spacial score (nSPS) is 27.1. The van der Waals surface area contributed by atoms with Crippen LogP contribution in [-0.2, 0) is 0 Å².